The molecule has 1 unspecified atom stereocenters. The number of hydrogen-bond donors (Lipinski definition) is 0. The molecule has 0 saturated carbocycles. The predicted octanol–water partition coefficient (Wildman–Crippen LogP) is 1.69. The van der Waals surface area contributed by atoms with Gasteiger partial charge in [-0.25, -0.2) is 12.8 Å². The third-order valence-electron chi connectivity index (χ3n) is 4.19. The fourth-order valence-electron chi connectivity index (χ4n) is 2.97. The van der Waals surface area contributed by atoms with Crippen molar-refractivity contribution in [2.45, 2.75) is 26.3 Å². The molecule has 0 aliphatic carbocycles. The van der Waals surface area contributed by atoms with Gasteiger partial charge in [-0.3, -0.25) is 4.79 Å². The van der Waals surface area contributed by atoms with Crippen LogP contribution in [-0.2, 0) is 14.6 Å². The van der Waals surface area contributed by atoms with Gasteiger partial charge in [0.05, 0.1) is 18.1 Å². The highest BCUT2D eigenvalue weighted by Gasteiger charge is 2.34. The molecule has 23 heavy (non-hydrogen) atoms. The second kappa shape index (κ2) is 7.29. The normalized spacial score (nSPS) is 19.5. The maximum absolute atomic E-state index is 13.4. The second-order valence-corrected chi connectivity index (χ2v) is 7.96. The molecule has 0 bridgehead atoms. The lowest BCUT2D eigenvalue weighted by atomic mass is 10.2. The van der Waals surface area contributed by atoms with E-state index in [9.17, 15) is 17.6 Å². The van der Waals surface area contributed by atoms with Gasteiger partial charge >= 0.3 is 0 Å². The molecule has 1 fully saturated rings. The van der Waals surface area contributed by atoms with E-state index < -0.39 is 9.84 Å². The Morgan fingerprint density at radius 1 is 1.30 bits per heavy atom. The van der Waals surface area contributed by atoms with E-state index in [2.05, 4.69) is 0 Å². The highest BCUT2D eigenvalue weighted by molar-refractivity contribution is 7.91. The molecule has 128 valence electrons. The first-order valence-corrected chi connectivity index (χ1v) is 9.68. The molecule has 1 amide bonds. The lowest BCUT2D eigenvalue weighted by molar-refractivity contribution is -0.131. The maximum Gasteiger partial charge on any atom is 0.242 e. The molecule has 1 aromatic carbocycles. The summed E-state index contributed by atoms with van der Waals surface area (Å²) in [6, 6.07) is 5.88. The Hall–Kier alpha value is -1.63. The van der Waals surface area contributed by atoms with Gasteiger partial charge in [-0.1, -0.05) is 6.07 Å². The Morgan fingerprint density at radius 2 is 2.04 bits per heavy atom. The van der Waals surface area contributed by atoms with E-state index in [0.717, 1.165) is 0 Å². The molecular weight excluding hydrogens is 319 g/mol. The topological polar surface area (TPSA) is 57.7 Å². The number of anilines is 1. The average Bonchev–Trinajstić information content (AvgIpc) is 2.85. The number of hydrogen-bond acceptors (Lipinski definition) is 4. The molecule has 0 spiro atoms. The molecule has 1 saturated heterocycles. The van der Waals surface area contributed by atoms with Gasteiger partial charge in [0.15, 0.2) is 9.84 Å². The van der Waals surface area contributed by atoms with E-state index in [0.29, 0.717) is 25.2 Å². The minimum atomic E-state index is -3.03. The van der Waals surface area contributed by atoms with Gasteiger partial charge in [-0.2, -0.15) is 0 Å². The van der Waals surface area contributed by atoms with E-state index in [1.165, 1.54) is 12.1 Å². The van der Waals surface area contributed by atoms with Crippen molar-refractivity contribution in [3.8, 4) is 0 Å². The van der Waals surface area contributed by atoms with Crippen molar-refractivity contribution in [3.05, 3.63) is 30.1 Å². The molecule has 5 nitrogen and oxygen atoms in total. The highest BCUT2D eigenvalue weighted by atomic mass is 32.2. The van der Waals surface area contributed by atoms with Crippen LogP contribution >= 0.6 is 0 Å². The predicted molar refractivity (Wildman–Crippen MR) is 88.7 cm³/mol. The highest BCUT2D eigenvalue weighted by Crippen LogP contribution is 2.20. The number of amides is 1. The smallest absolute Gasteiger partial charge is 0.242 e. The zero-order chi connectivity index (χ0) is 17.0. The zero-order valence-electron chi connectivity index (χ0n) is 13.5. The fourth-order valence-corrected chi connectivity index (χ4v) is 4.70. The number of nitrogens with zero attached hydrogens (tertiary/aromatic N) is 2. The maximum atomic E-state index is 13.4. The summed E-state index contributed by atoms with van der Waals surface area (Å²) in [5.41, 5.74) is 0.649. The Morgan fingerprint density at radius 3 is 2.57 bits per heavy atom. The van der Waals surface area contributed by atoms with Crippen molar-refractivity contribution >= 4 is 21.4 Å². The first kappa shape index (κ1) is 17.7. The van der Waals surface area contributed by atoms with Crippen LogP contribution in [0, 0.1) is 5.82 Å². The van der Waals surface area contributed by atoms with E-state index in [1.54, 1.807) is 21.9 Å². The summed E-state index contributed by atoms with van der Waals surface area (Å²) in [4.78, 5) is 16.0. The van der Waals surface area contributed by atoms with Crippen LogP contribution in [-0.4, -0.2) is 56.4 Å². The van der Waals surface area contributed by atoms with E-state index >= 15 is 0 Å². The molecule has 1 heterocycles. The van der Waals surface area contributed by atoms with Gasteiger partial charge in [0.1, 0.15) is 5.82 Å². The van der Waals surface area contributed by atoms with Gasteiger partial charge in [-0.05, 0) is 38.5 Å². The molecule has 2 rings (SSSR count). The summed E-state index contributed by atoms with van der Waals surface area (Å²) < 4.78 is 36.6. The number of likely N-dealkylation sites (N-methyl/N-ethyl adjacent to an activating group) is 2. The summed E-state index contributed by atoms with van der Waals surface area (Å²) in [7, 11) is -3.03. The standard InChI is InChI=1S/C16H23FN2O3S/c1-3-18(14-7-5-6-13(17)10-14)11-16(20)19(4-2)15-8-9-23(21,22)12-15/h5-7,10,15H,3-4,8-9,11-12H2,1-2H3. The van der Waals surface area contributed by atoms with Gasteiger partial charge < -0.3 is 9.80 Å². The van der Waals surface area contributed by atoms with Crippen molar-refractivity contribution < 1.29 is 17.6 Å². The number of sulfone groups is 1. The lowest BCUT2D eigenvalue weighted by Gasteiger charge is -2.30. The third-order valence-corrected chi connectivity index (χ3v) is 5.94. The van der Waals surface area contributed by atoms with Crippen molar-refractivity contribution in [2.75, 3.05) is 36.0 Å². The summed E-state index contributed by atoms with van der Waals surface area (Å²) in [6.07, 6.45) is 0.494. The van der Waals surface area contributed by atoms with Crippen molar-refractivity contribution in [3.63, 3.8) is 0 Å². The first-order valence-electron chi connectivity index (χ1n) is 7.86. The Bertz CT molecular complexity index is 663. The van der Waals surface area contributed by atoms with Crippen LogP contribution < -0.4 is 4.90 Å². The number of carbonyl (C=O) groups excluding carboxylic acids is 1. The van der Waals surface area contributed by atoms with Crippen LogP contribution in [0.4, 0.5) is 10.1 Å². The molecule has 1 atom stereocenters. The van der Waals surface area contributed by atoms with E-state index in [-0.39, 0.29) is 35.8 Å². The van der Waals surface area contributed by atoms with Crippen molar-refractivity contribution in [1.82, 2.24) is 4.90 Å². The summed E-state index contributed by atoms with van der Waals surface area (Å²) in [5, 5.41) is 0. The second-order valence-electron chi connectivity index (χ2n) is 5.73. The Labute approximate surface area is 137 Å². The van der Waals surface area contributed by atoms with Crippen LogP contribution in [0.2, 0.25) is 0 Å². The SMILES string of the molecule is CCN(CC(=O)N(CC)C1CCS(=O)(=O)C1)c1cccc(F)c1. The van der Waals surface area contributed by atoms with Crippen LogP contribution in [0.3, 0.4) is 0 Å². The first-order chi connectivity index (χ1) is 10.9. The Kier molecular flexibility index (Phi) is 5.62. The molecule has 1 aliphatic rings. The van der Waals surface area contributed by atoms with Gasteiger partial charge in [0.2, 0.25) is 5.91 Å². The largest absolute Gasteiger partial charge is 0.362 e. The quantitative estimate of drug-likeness (QED) is 0.789. The Balaban J connectivity index is 2.08. The van der Waals surface area contributed by atoms with E-state index in [4.69, 9.17) is 0 Å². The molecule has 0 radical (unpaired) electrons. The molecule has 1 aliphatic heterocycles. The van der Waals surface area contributed by atoms with Crippen molar-refractivity contribution in [2.24, 2.45) is 0 Å². The number of benzene rings is 1. The molecule has 7 heteroatoms. The molecular formula is C16H23FN2O3S. The summed E-state index contributed by atoms with van der Waals surface area (Å²) in [5.74, 6) is -0.287. The molecule has 1 aromatic rings. The molecule has 0 aromatic heterocycles. The lowest BCUT2D eigenvalue weighted by Crippen LogP contribution is -2.46. The van der Waals surface area contributed by atoms with Crippen LogP contribution in [0.1, 0.15) is 20.3 Å². The fraction of sp³-hybridized carbons (Fsp3) is 0.562. The molecule has 0 N–H and O–H groups in total. The number of carbonyl (C=O) groups is 1. The monoisotopic (exact) mass is 342 g/mol. The minimum absolute atomic E-state index is 0.0403. The summed E-state index contributed by atoms with van der Waals surface area (Å²) >= 11 is 0. The van der Waals surface area contributed by atoms with Crippen molar-refractivity contribution in [1.29, 1.82) is 0 Å². The van der Waals surface area contributed by atoms with Crippen LogP contribution in [0.15, 0.2) is 24.3 Å². The zero-order valence-corrected chi connectivity index (χ0v) is 14.4. The van der Waals surface area contributed by atoms with Gasteiger partial charge in [0.25, 0.3) is 0 Å². The van der Waals surface area contributed by atoms with Gasteiger partial charge in [0, 0.05) is 24.8 Å². The number of rotatable bonds is 6. The minimum Gasteiger partial charge on any atom is -0.362 e. The summed E-state index contributed by atoms with van der Waals surface area (Å²) in [6.45, 7) is 4.90. The van der Waals surface area contributed by atoms with Crippen LogP contribution in [0.5, 0.6) is 0 Å². The third kappa shape index (κ3) is 4.43. The van der Waals surface area contributed by atoms with Gasteiger partial charge in [-0.15, -0.1) is 0 Å². The van der Waals surface area contributed by atoms with E-state index in [1.807, 2.05) is 13.8 Å². The van der Waals surface area contributed by atoms with Crippen LogP contribution in [0.25, 0.3) is 0 Å². The average molecular weight is 342 g/mol. The number of halogens is 1.